The first-order valence-corrected chi connectivity index (χ1v) is 9.29. The van der Waals surface area contributed by atoms with Crippen molar-refractivity contribution in [3.63, 3.8) is 0 Å². The Morgan fingerprint density at radius 2 is 1.90 bits per heavy atom. The molecule has 0 radical (unpaired) electrons. The standard InChI is InChI=1S/C21H25FN4O3/c1-21(2,3)29-20(28)24-11-6-12-26-16(13-23)9-10-18(26)19(27)25-14-15-7-4-5-8-17(15)22/h4-5,7-10H,6,11-12,14H2,1-3H3,(H,24,28)(H,25,27). The number of nitrogens with zero attached hydrogens (tertiary/aromatic N) is 2. The smallest absolute Gasteiger partial charge is 0.407 e. The van der Waals surface area contributed by atoms with Crippen molar-refractivity contribution >= 4 is 12.0 Å². The largest absolute Gasteiger partial charge is 0.444 e. The van der Waals surface area contributed by atoms with Gasteiger partial charge in [0.05, 0.1) is 0 Å². The van der Waals surface area contributed by atoms with Crippen LogP contribution < -0.4 is 10.6 Å². The van der Waals surface area contributed by atoms with Crippen molar-refractivity contribution in [3.05, 3.63) is 59.2 Å². The van der Waals surface area contributed by atoms with Gasteiger partial charge in [-0.3, -0.25) is 4.79 Å². The summed E-state index contributed by atoms with van der Waals surface area (Å²) in [5, 5.41) is 14.6. The highest BCUT2D eigenvalue weighted by atomic mass is 19.1. The number of carbonyl (C=O) groups is 2. The van der Waals surface area contributed by atoms with Crippen LogP contribution in [0.1, 0.15) is 48.9 Å². The fourth-order valence-corrected chi connectivity index (χ4v) is 2.65. The van der Waals surface area contributed by atoms with Gasteiger partial charge in [-0.05, 0) is 45.4 Å². The Balaban J connectivity index is 1.94. The van der Waals surface area contributed by atoms with Gasteiger partial charge in [0.25, 0.3) is 5.91 Å². The minimum atomic E-state index is -0.581. The van der Waals surface area contributed by atoms with Gasteiger partial charge in [0.1, 0.15) is 28.9 Å². The van der Waals surface area contributed by atoms with Gasteiger partial charge in [0.2, 0.25) is 0 Å². The first-order chi connectivity index (χ1) is 13.7. The highest BCUT2D eigenvalue weighted by Gasteiger charge is 2.17. The maximum atomic E-state index is 13.7. The molecule has 2 aromatic rings. The van der Waals surface area contributed by atoms with Gasteiger partial charge in [-0.2, -0.15) is 5.26 Å². The molecule has 8 heteroatoms. The van der Waals surface area contributed by atoms with Crippen molar-refractivity contribution in [2.24, 2.45) is 0 Å². The van der Waals surface area contributed by atoms with Gasteiger partial charge in [-0.1, -0.05) is 18.2 Å². The van der Waals surface area contributed by atoms with Crippen molar-refractivity contribution in [1.82, 2.24) is 15.2 Å². The number of nitriles is 1. The van der Waals surface area contributed by atoms with Crippen LogP contribution in [0.5, 0.6) is 0 Å². The van der Waals surface area contributed by atoms with Crippen LogP contribution in [0.3, 0.4) is 0 Å². The lowest BCUT2D eigenvalue weighted by molar-refractivity contribution is 0.0526. The predicted molar refractivity (Wildman–Crippen MR) is 106 cm³/mol. The van der Waals surface area contributed by atoms with Gasteiger partial charge >= 0.3 is 6.09 Å². The molecule has 1 aromatic heterocycles. The molecular formula is C21H25FN4O3. The number of ether oxygens (including phenoxy) is 1. The highest BCUT2D eigenvalue weighted by molar-refractivity contribution is 5.93. The second kappa shape index (κ2) is 9.73. The minimum Gasteiger partial charge on any atom is -0.444 e. The first kappa shape index (κ1) is 22.0. The molecule has 0 saturated heterocycles. The normalized spacial score (nSPS) is 10.9. The lowest BCUT2D eigenvalue weighted by Crippen LogP contribution is -2.33. The quantitative estimate of drug-likeness (QED) is 0.697. The van der Waals surface area contributed by atoms with E-state index < -0.39 is 23.4 Å². The molecule has 0 saturated carbocycles. The average Bonchev–Trinajstić information content (AvgIpc) is 3.06. The molecule has 29 heavy (non-hydrogen) atoms. The Labute approximate surface area is 169 Å². The van der Waals surface area contributed by atoms with Gasteiger partial charge in [0, 0.05) is 25.2 Å². The summed E-state index contributed by atoms with van der Waals surface area (Å²) in [5.41, 5.74) is 0.427. The number of rotatable bonds is 7. The molecule has 0 fully saturated rings. The third-order valence-corrected chi connectivity index (χ3v) is 3.95. The Morgan fingerprint density at radius 1 is 1.17 bits per heavy atom. The van der Waals surface area contributed by atoms with Crippen LogP contribution in [0.15, 0.2) is 36.4 Å². The maximum absolute atomic E-state index is 13.7. The fourth-order valence-electron chi connectivity index (χ4n) is 2.65. The molecule has 0 aliphatic heterocycles. The Kier molecular flexibility index (Phi) is 7.37. The third-order valence-electron chi connectivity index (χ3n) is 3.95. The zero-order valence-electron chi connectivity index (χ0n) is 16.8. The number of nitrogens with one attached hydrogen (secondary N) is 2. The topological polar surface area (TPSA) is 96.2 Å². The van der Waals surface area contributed by atoms with Gasteiger partial charge in [-0.15, -0.1) is 0 Å². The summed E-state index contributed by atoms with van der Waals surface area (Å²) in [5.74, 6) is -0.802. The van der Waals surface area contributed by atoms with E-state index >= 15 is 0 Å². The van der Waals surface area contributed by atoms with Crippen molar-refractivity contribution in [2.45, 2.75) is 45.9 Å². The van der Waals surface area contributed by atoms with Crippen LogP contribution in [0.4, 0.5) is 9.18 Å². The van der Waals surface area contributed by atoms with E-state index in [4.69, 9.17) is 4.74 Å². The molecule has 0 spiro atoms. The maximum Gasteiger partial charge on any atom is 0.407 e. The molecule has 0 bridgehead atoms. The van der Waals surface area contributed by atoms with Crippen LogP contribution in [0.2, 0.25) is 0 Å². The van der Waals surface area contributed by atoms with Crippen molar-refractivity contribution in [1.29, 1.82) is 5.26 Å². The summed E-state index contributed by atoms with van der Waals surface area (Å²) >= 11 is 0. The third kappa shape index (κ3) is 6.64. The van der Waals surface area contributed by atoms with Crippen molar-refractivity contribution in [3.8, 4) is 6.07 Å². The predicted octanol–water partition coefficient (Wildman–Crippen LogP) is 3.34. The summed E-state index contributed by atoms with van der Waals surface area (Å²) in [7, 11) is 0. The van der Waals surface area contributed by atoms with Crippen LogP contribution in [-0.4, -0.2) is 28.7 Å². The minimum absolute atomic E-state index is 0.0404. The summed E-state index contributed by atoms with van der Waals surface area (Å²) in [6.07, 6.45) is -0.0238. The number of amides is 2. The van der Waals surface area contributed by atoms with Crippen LogP contribution in [0.25, 0.3) is 0 Å². The fraction of sp³-hybridized carbons (Fsp3) is 0.381. The van der Waals surface area contributed by atoms with E-state index in [-0.39, 0.29) is 6.54 Å². The van der Waals surface area contributed by atoms with Gasteiger partial charge < -0.3 is 19.9 Å². The zero-order chi connectivity index (χ0) is 21.4. The van der Waals surface area contributed by atoms with Gasteiger partial charge in [0.15, 0.2) is 0 Å². The van der Waals surface area contributed by atoms with E-state index in [0.29, 0.717) is 36.5 Å². The van der Waals surface area contributed by atoms with Crippen molar-refractivity contribution in [2.75, 3.05) is 6.54 Å². The van der Waals surface area contributed by atoms with Crippen molar-refractivity contribution < 1.29 is 18.7 Å². The second-order valence-electron chi connectivity index (χ2n) is 7.42. The summed E-state index contributed by atoms with van der Waals surface area (Å²) in [6.45, 7) is 6.05. The zero-order valence-corrected chi connectivity index (χ0v) is 16.8. The molecule has 2 N–H and O–H groups in total. The first-order valence-electron chi connectivity index (χ1n) is 9.29. The number of alkyl carbamates (subject to hydrolysis) is 1. The number of aromatic nitrogens is 1. The molecule has 7 nitrogen and oxygen atoms in total. The molecule has 0 unspecified atom stereocenters. The lowest BCUT2D eigenvalue weighted by atomic mass is 10.2. The molecule has 1 aromatic carbocycles. The number of benzene rings is 1. The molecule has 0 aliphatic rings. The molecular weight excluding hydrogens is 375 g/mol. The molecule has 2 amide bonds. The Morgan fingerprint density at radius 3 is 2.55 bits per heavy atom. The van der Waals surface area contributed by atoms with E-state index in [0.717, 1.165) is 0 Å². The SMILES string of the molecule is CC(C)(C)OC(=O)NCCCn1c(C#N)ccc1C(=O)NCc1ccccc1F. The summed E-state index contributed by atoms with van der Waals surface area (Å²) in [4.78, 5) is 24.2. The molecule has 154 valence electrons. The number of hydrogen-bond donors (Lipinski definition) is 2. The van der Waals surface area contributed by atoms with Gasteiger partial charge in [-0.25, -0.2) is 9.18 Å². The van der Waals surface area contributed by atoms with Crippen LogP contribution in [0, 0.1) is 17.1 Å². The summed E-state index contributed by atoms with van der Waals surface area (Å²) < 4.78 is 20.4. The molecule has 0 aliphatic carbocycles. The van der Waals surface area contributed by atoms with E-state index in [9.17, 15) is 19.2 Å². The summed E-state index contributed by atoms with van der Waals surface area (Å²) in [6, 6.07) is 11.3. The Bertz CT molecular complexity index is 909. The highest BCUT2D eigenvalue weighted by Crippen LogP contribution is 2.11. The van der Waals surface area contributed by atoms with Crippen LogP contribution in [-0.2, 0) is 17.8 Å². The average molecular weight is 400 g/mol. The monoisotopic (exact) mass is 400 g/mol. The Hall–Kier alpha value is -3.34. The van der Waals surface area contributed by atoms with E-state index in [2.05, 4.69) is 10.6 Å². The molecule has 2 rings (SSSR count). The second-order valence-corrected chi connectivity index (χ2v) is 7.42. The van der Waals surface area contributed by atoms with E-state index in [1.165, 1.54) is 6.07 Å². The molecule has 0 atom stereocenters. The number of halogens is 1. The lowest BCUT2D eigenvalue weighted by Gasteiger charge is -2.19. The number of hydrogen-bond acceptors (Lipinski definition) is 4. The van der Waals surface area contributed by atoms with E-state index in [1.54, 1.807) is 55.7 Å². The molecule has 1 heterocycles. The van der Waals surface area contributed by atoms with Crippen LogP contribution >= 0.6 is 0 Å². The van der Waals surface area contributed by atoms with E-state index in [1.807, 2.05) is 6.07 Å². The number of carbonyl (C=O) groups excluding carboxylic acids is 2.